The van der Waals surface area contributed by atoms with Crippen LogP contribution in [0.4, 0.5) is 17.1 Å². The zero-order chi connectivity index (χ0) is 40.3. The summed E-state index contributed by atoms with van der Waals surface area (Å²) in [6, 6.07) is 84.2. The molecule has 0 spiro atoms. The lowest BCUT2D eigenvalue weighted by atomic mass is 9.95. The van der Waals surface area contributed by atoms with Crippen molar-refractivity contribution in [3.05, 3.63) is 231 Å². The minimum Gasteiger partial charge on any atom is -0.310 e. The largest absolute Gasteiger partial charge is 0.310 e. The second-order valence-corrected chi connectivity index (χ2v) is 16.7. The number of benzene rings is 10. The maximum absolute atomic E-state index is 2.44. The van der Waals surface area contributed by atoms with Crippen LogP contribution in [0.2, 0.25) is 0 Å². The molecule has 0 aliphatic heterocycles. The van der Waals surface area contributed by atoms with E-state index < -0.39 is 0 Å². The van der Waals surface area contributed by atoms with Crippen molar-refractivity contribution < 1.29 is 0 Å². The van der Waals surface area contributed by atoms with Gasteiger partial charge in [-0.15, -0.1) is 11.3 Å². The number of hydrogen-bond acceptors (Lipinski definition) is 2. The molecule has 12 aromatic rings. The van der Waals surface area contributed by atoms with Crippen LogP contribution in [0.15, 0.2) is 231 Å². The van der Waals surface area contributed by atoms with Crippen molar-refractivity contribution in [2.75, 3.05) is 4.90 Å². The first kappa shape index (κ1) is 35.2. The van der Waals surface area contributed by atoms with Crippen molar-refractivity contribution in [3.63, 3.8) is 0 Å². The molecule has 0 saturated heterocycles. The van der Waals surface area contributed by atoms with Gasteiger partial charge in [0.1, 0.15) is 0 Å². The molecule has 0 aliphatic carbocycles. The van der Waals surface area contributed by atoms with Gasteiger partial charge in [0.15, 0.2) is 0 Å². The summed E-state index contributed by atoms with van der Waals surface area (Å²) in [5.41, 5.74) is 14.0. The summed E-state index contributed by atoms with van der Waals surface area (Å²) in [6.07, 6.45) is 0. The quantitative estimate of drug-likeness (QED) is 0.156. The zero-order valence-corrected chi connectivity index (χ0v) is 34.1. The molecule has 10 aromatic carbocycles. The minimum absolute atomic E-state index is 1.09. The second-order valence-electron chi connectivity index (χ2n) is 15.6. The van der Waals surface area contributed by atoms with Gasteiger partial charge in [0.05, 0.1) is 22.4 Å². The Kier molecular flexibility index (Phi) is 8.39. The van der Waals surface area contributed by atoms with Crippen molar-refractivity contribution in [2.45, 2.75) is 0 Å². The number of nitrogens with zero attached hydrogens (tertiary/aromatic N) is 2. The summed E-state index contributed by atoms with van der Waals surface area (Å²) >= 11 is 1.86. The minimum atomic E-state index is 1.09. The Morgan fingerprint density at radius 3 is 1.74 bits per heavy atom. The lowest BCUT2D eigenvalue weighted by Crippen LogP contribution is -2.11. The van der Waals surface area contributed by atoms with E-state index in [0.29, 0.717) is 0 Å². The third kappa shape index (κ3) is 5.85. The van der Waals surface area contributed by atoms with Crippen LogP contribution in [0.3, 0.4) is 0 Å². The van der Waals surface area contributed by atoms with E-state index in [-0.39, 0.29) is 0 Å². The third-order valence-corrected chi connectivity index (χ3v) is 13.3. The van der Waals surface area contributed by atoms with E-state index in [1.54, 1.807) is 0 Å². The molecule has 0 unspecified atom stereocenters. The van der Waals surface area contributed by atoms with Gasteiger partial charge in [-0.2, -0.15) is 0 Å². The summed E-state index contributed by atoms with van der Waals surface area (Å²) in [6.45, 7) is 0. The van der Waals surface area contributed by atoms with E-state index in [0.717, 1.165) is 28.3 Å². The van der Waals surface area contributed by atoms with Crippen LogP contribution in [0, 0.1) is 0 Å². The Labute approximate surface area is 358 Å². The summed E-state index contributed by atoms with van der Waals surface area (Å²) in [7, 11) is 0. The van der Waals surface area contributed by atoms with Gasteiger partial charge >= 0.3 is 0 Å². The van der Waals surface area contributed by atoms with Crippen molar-refractivity contribution in [1.29, 1.82) is 0 Å². The maximum atomic E-state index is 2.44. The molecule has 0 saturated carbocycles. The monoisotopic (exact) mass is 794 g/mol. The first-order valence-electron chi connectivity index (χ1n) is 20.8. The predicted octanol–water partition coefficient (Wildman–Crippen LogP) is 16.8. The van der Waals surface area contributed by atoms with Crippen LogP contribution in [-0.4, -0.2) is 4.57 Å². The van der Waals surface area contributed by atoms with E-state index in [2.05, 4.69) is 240 Å². The number of aromatic nitrogens is 1. The number of hydrogen-bond donors (Lipinski definition) is 0. The van der Waals surface area contributed by atoms with Crippen LogP contribution in [0.5, 0.6) is 0 Å². The highest BCUT2D eigenvalue weighted by Gasteiger charge is 2.21. The average Bonchev–Trinajstić information content (AvgIpc) is 3.88. The van der Waals surface area contributed by atoms with Gasteiger partial charge in [-0.1, -0.05) is 170 Å². The van der Waals surface area contributed by atoms with E-state index in [9.17, 15) is 0 Å². The fourth-order valence-corrected chi connectivity index (χ4v) is 10.6. The Bertz CT molecular complexity index is 3550. The average molecular weight is 795 g/mol. The molecule has 0 fully saturated rings. The number of para-hydroxylation sites is 4. The zero-order valence-electron chi connectivity index (χ0n) is 33.2. The lowest BCUT2D eigenvalue weighted by molar-refractivity contribution is 1.18. The molecule has 0 N–H and O–H groups in total. The van der Waals surface area contributed by atoms with E-state index >= 15 is 0 Å². The predicted molar refractivity (Wildman–Crippen MR) is 262 cm³/mol. The molecule has 0 bridgehead atoms. The van der Waals surface area contributed by atoms with Crippen LogP contribution in [-0.2, 0) is 0 Å². The van der Waals surface area contributed by atoms with E-state index in [1.165, 1.54) is 80.6 Å². The molecule has 286 valence electrons. The van der Waals surface area contributed by atoms with Crippen LogP contribution in [0.25, 0.3) is 91.8 Å². The first-order chi connectivity index (χ1) is 30.3. The second kappa shape index (κ2) is 14.5. The Morgan fingerprint density at radius 2 is 0.918 bits per heavy atom. The van der Waals surface area contributed by atoms with Gasteiger partial charge in [0.25, 0.3) is 0 Å². The number of thiophene rings is 1. The molecular formula is C58H38N2S. The fourth-order valence-electron chi connectivity index (χ4n) is 9.50. The van der Waals surface area contributed by atoms with Crippen LogP contribution in [0.1, 0.15) is 0 Å². The number of rotatable bonds is 7. The molecule has 2 heterocycles. The summed E-state index contributed by atoms with van der Waals surface area (Å²) < 4.78 is 5.02. The van der Waals surface area contributed by atoms with Gasteiger partial charge < -0.3 is 9.47 Å². The molecule has 0 amide bonds. The van der Waals surface area contributed by atoms with Gasteiger partial charge in [0.2, 0.25) is 0 Å². The van der Waals surface area contributed by atoms with E-state index in [1.807, 2.05) is 11.3 Å². The molecule has 0 aliphatic rings. The lowest BCUT2D eigenvalue weighted by Gasteiger charge is -2.29. The van der Waals surface area contributed by atoms with Crippen molar-refractivity contribution in [2.24, 2.45) is 0 Å². The molecule has 2 nitrogen and oxygen atoms in total. The molecular weight excluding hydrogens is 757 g/mol. The normalized spacial score (nSPS) is 11.6. The van der Waals surface area contributed by atoms with Crippen molar-refractivity contribution in [3.8, 4) is 39.1 Å². The third-order valence-electron chi connectivity index (χ3n) is 12.2. The molecule has 12 rings (SSSR count). The SMILES string of the molecule is c1cc(-c2cccc3ccccc23)cc(N(c2ccc(-c3ccccc3-n3c4ccccc4c4ccccc43)cc2)c2ccccc2-c2cccc3sc4ccccc4c23)c1. The molecule has 0 atom stereocenters. The summed E-state index contributed by atoms with van der Waals surface area (Å²) in [5.74, 6) is 0. The van der Waals surface area contributed by atoms with Crippen LogP contribution < -0.4 is 4.90 Å². The van der Waals surface area contributed by atoms with Gasteiger partial charge in [-0.05, 0) is 93.7 Å². The molecule has 0 radical (unpaired) electrons. The molecule has 61 heavy (non-hydrogen) atoms. The number of fused-ring (bicyclic) bond motifs is 7. The van der Waals surface area contributed by atoms with Crippen molar-refractivity contribution >= 4 is 81.1 Å². The van der Waals surface area contributed by atoms with Gasteiger partial charge in [-0.25, -0.2) is 0 Å². The Hall–Kier alpha value is -7.72. The molecule has 3 heteroatoms. The molecule has 2 aromatic heterocycles. The topological polar surface area (TPSA) is 8.17 Å². The van der Waals surface area contributed by atoms with Gasteiger partial charge in [0, 0.05) is 53.4 Å². The highest BCUT2D eigenvalue weighted by Crippen LogP contribution is 2.47. The highest BCUT2D eigenvalue weighted by molar-refractivity contribution is 7.25. The van der Waals surface area contributed by atoms with Gasteiger partial charge in [-0.3, -0.25) is 0 Å². The standard InChI is InChI=1S/C58H38N2S/c1-2-20-44-39(16-1)17-14-26-45(44)41-18-13-19-43(38-41)59(53-29-9-6-24-49(53)50-27-15-33-57-58(50)51-25-7-12-32-56(51)61-57)42-36-34-40(35-37-42)46-21-3-8-28-52(46)60-54-30-10-4-22-47(54)48-23-5-11-31-55(48)60/h1-38H. The first-order valence-corrected chi connectivity index (χ1v) is 21.7. The number of anilines is 3. The van der Waals surface area contributed by atoms with Crippen LogP contribution >= 0.6 is 11.3 Å². The Morgan fingerprint density at radius 1 is 0.344 bits per heavy atom. The fraction of sp³-hybridized carbons (Fsp3) is 0. The summed E-state index contributed by atoms with van der Waals surface area (Å²) in [4.78, 5) is 2.44. The smallest absolute Gasteiger partial charge is 0.0541 e. The van der Waals surface area contributed by atoms with E-state index in [4.69, 9.17) is 0 Å². The Balaban J connectivity index is 1.05. The summed E-state index contributed by atoms with van der Waals surface area (Å²) in [5, 5.41) is 7.60. The van der Waals surface area contributed by atoms with Crippen molar-refractivity contribution in [1.82, 2.24) is 4.57 Å². The maximum Gasteiger partial charge on any atom is 0.0541 e. The highest BCUT2D eigenvalue weighted by atomic mass is 32.1.